The number of isocyanates is 1. The van der Waals surface area contributed by atoms with Crippen molar-refractivity contribution in [1.29, 1.82) is 0 Å². The molecule has 2 aromatic rings. The van der Waals surface area contributed by atoms with Gasteiger partial charge in [-0.15, -0.1) is 0 Å². The molecule has 0 radical (unpaired) electrons. The van der Waals surface area contributed by atoms with Crippen molar-refractivity contribution in [3.05, 3.63) is 59.7 Å². The van der Waals surface area contributed by atoms with E-state index in [0.29, 0.717) is 22.6 Å². The minimum atomic E-state index is -1.39. The van der Waals surface area contributed by atoms with Gasteiger partial charge in [0.15, 0.2) is 11.8 Å². The lowest BCUT2D eigenvalue weighted by Crippen LogP contribution is -2.47. The lowest BCUT2D eigenvalue weighted by molar-refractivity contribution is -0.144. The Kier molecular flexibility index (Phi) is 7.99. The summed E-state index contributed by atoms with van der Waals surface area (Å²) in [5, 5.41) is 20.5. The van der Waals surface area contributed by atoms with Gasteiger partial charge >= 0.3 is 5.97 Å². The molecule has 0 aliphatic carbocycles. The number of ketones is 1. The van der Waals surface area contributed by atoms with Crippen LogP contribution >= 0.6 is 0 Å². The predicted octanol–water partition coefficient (Wildman–Crippen LogP) is 1.60. The normalized spacial score (nSPS) is 12.2. The number of nitrogens with one attached hydrogen (secondary N) is 1. The number of amides is 1. The predicted molar refractivity (Wildman–Crippen MR) is 105 cm³/mol. The second-order valence-electron chi connectivity index (χ2n) is 6.33. The number of aliphatic imine (C=N–C) groups is 1. The van der Waals surface area contributed by atoms with Crippen molar-refractivity contribution in [3.63, 3.8) is 0 Å². The van der Waals surface area contributed by atoms with Crippen molar-refractivity contribution in [2.24, 2.45) is 4.99 Å². The summed E-state index contributed by atoms with van der Waals surface area (Å²) >= 11 is 0. The highest BCUT2D eigenvalue weighted by atomic mass is 16.5. The molecule has 0 saturated heterocycles. The number of aliphatic hydroxyl groups is 1. The van der Waals surface area contributed by atoms with Crippen molar-refractivity contribution < 1.29 is 34.1 Å². The van der Waals surface area contributed by atoms with Crippen molar-refractivity contribution in [3.8, 4) is 5.75 Å². The molecular weight excluding hydrogens is 392 g/mol. The molecule has 1 amide bonds. The van der Waals surface area contributed by atoms with Crippen LogP contribution in [-0.2, 0) is 14.4 Å². The Bertz CT molecular complexity index is 946. The Balaban J connectivity index is 1.88. The van der Waals surface area contributed by atoms with E-state index >= 15 is 0 Å². The number of ether oxygens (including phenoxy) is 1. The molecule has 2 aromatic carbocycles. The number of nitrogens with zero attached hydrogens (tertiary/aromatic N) is 1. The van der Waals surface area contributed by atoms with Gasteiger partial charge in [0.1, 0.15) is 5.75 Å². The van der Waals surface area contributed by atoms with Gasteiger partial charge in [0.05, 0.1) is 24.8 Å². The number of aliphatic carboxylic acids is 1. The molecule has 2 rings (SSSR count). The molecule has 0 bridgehead atoms. The third-order valence-electron chi connectivity index (χ3n) is 4.08. The molecular formula is C21H20N2O7. The molecule has 0 saturated carbocycles. The number of carbonyl (C=O) groups excluding carboxylic acids is 3. The van der Waals surface area contributed by atoms with Gasteiger partial charge in [-0.25, -0.2) is 9.59 Å². The van der Waals surface area contributed by atoms with Gasteiger partial charge in [0.25, 0.3) is 0 Å². The monoisotopic (exact) mass is 412 g/mol. The minimum absolute atomic E-state index is 0.00993. The topological polar surface area (TPSA) is 142 Å². The fourth-order valence-corrected chi connectivity index (χ4v) is 2.51. The zero-order chi connectivity index (χ0) is 22.1. The molecule has 156 valence electrons. The summed E-state index contributed by atoms with van der Waals surface area (Å²) in [5.41, 5.74) is 1.25. The molecule has 0 aliphatic heterocycles. The summed E-state index contributed by atoms with van der Waals surface area (Å²) in [4.78, 5) is 48.9. The molecule has 9 heteroatoms. The number of hydrogen-bond donors (Lipinski definition) is 3. The van der Waals surface area contributed by atoms with E-state index in [9.17, 15) is 24.3 Å². The Morgan fingerprint density at radius 3 is 2.13 bits per heavy atom. The van der Waals surface area contributed by atoms with Crippen LogP contribution in [-0.4, -0.2) is 52.7 Å². The number of hydrogen-bond acceptors (Lipinski definition) is 7. The zero-order valence-electron chi connectivity index (χ0n) is 16.1. The zero-order valence-corrected chi connectivity index (χ0v) is 16.1. The molecule has 2 atom stereocenters. The van der Waals surface area contributed by atoms with Crippen LogP contribution in [0.3, 0.4) is 0 Å². The maximum absolute atomic E-state index is 12.5. The summed E-state index contributed by atoms with van der Waals surface area (Å²) in [7, 11) is 0. The summed E-state index contributed by atoms with van der Waals surface area (Å²) in [6.07, 6.45) is 0.0926. The first-order chi connectivity index (χ1) is 14.3. The first kappa shape index (κ1) is 22.5. The van der Waals surface area contributed by atoms with Crippen LogP contribution in [0.2, 0.25) is 0 Å². The van der Waals surface area contributed by atoms with Gasteiger partial charge in [0, 0.05) is 11.1 Å². The lowest BCUT2D eigenvalue weighted by atomic mass is 10.0. The van der Waals surface area contributed by atoms with Crippen molar-refractivity contribution in [1.82, 2.24) is 5.32 Å². The Labute approximate surface area is 172 Å². The number of benzene rings is 2. The van der Waals surface area contributed by atoms with Crippen LogP contribution in [0, 0.1) is 0 Å². The smallest absolute Gasteiger partial charge is 0.328 e. The molecule has 0 fully saturated rings. The molecule has 0 spiro atoms. The summed E-state index contributed by atoms with van der Waals surface area (Å²) < 4.78 is 5.43. The van der Waals surface area contributed by atoms with E-state index in [2.05, 4.69) is 10.3 Å². The largest absolute Gasteiger partial charge is 0.493 e. The second-order valence-corrected chi connectivity index (χ2v) is 6.33. The van der Waals surface area contributed by atoms with Crippen LogP contribution in [0.15, 0.2) is 53.5 Å². The molecule has 0 aromatic heterocycles. The molecule has 30 heavy (non-hydrogen) atoms. The van der Waals surface area contributed by atoms with Crippen molar-refractivity contribution in [2.45, 2.75) is 25.5 Å². The number of rotatable bonds is 10. The van der Waals surface area contributed by atoms with Crippen LogP contribution < -0.4 is 10.1 Å². The minimum Gasteiger partial charge on any atom is -0.493 e. The summed E-state index contributed by atoms with van der Waals surface area (Å²) in [5.74, 6) is -1.69. The fourth-order valence-electron chi connectivity index (χ4n) is 2.51. The van der Waals surface area contributed by atoms with Crippen LogP contribution in [0.4, 0.5) is 5.69 Å². The third kappa shape index (κ3) is 6.37. The van der Waals surface area contributed by atoms with Gasteiger partial charge in [-0.05, 0) is 55.5 Å². The van der Waals surface area contributed by atoms with E-state index in [1.165, 1.54) is 25.1 Å². The lowest BCUT2D eigenvalue weighted by Gasteiger charge is -2.17. The third-order valence-corrected chi connectivity index (χ3v) is 4.08. The molecule has 0 aliphatic rings. The number of carbonyl (C=O) groups is 3. The Morgan fingerprint density at radius 1 is 1.07 bits per heavy atom. The highest BCUT2D eigenvalue weighted by Gasteiger charge is 2.24. The second kappa shape index (κ2) is 10.7. The molecule has 3 N–H and O–H groups in total. The van der Waals surface area contributed by atoms with E-state index in [-0.39, 0.29) is 18.8 Å². The maximum Gasteiger partial charge on any atom is 0.328 e. The van der Waals surface area contributed by atoms with Crippen molar-refractivity contribution in [2.75, 3.05) is 6.61 Å². The SMILES string of the molecule is CC(O)C(NC(=O)CCOc1ccc(C(=O)c2ccc(N=C=O)cc2)cc1)C(=O)O. The first-order valence-electron chi connectivity index (χ1n) is 8.97. The highest BCUT2D eigenvalue weighted by Crippen LogP contribution is 2.18. The molecule has 9 nitrogen and oxygen atoms in total. The van der Waals surface area contributed by atoms with Crippen molar-refractivity contribution >= 4 is 29.4 Å². The summed E-state index contributed by atoms with van der Waals surface area (Å²) in [6.45, 7) is 1.26. The average molecular weight is 412 g/mol. The molecule has 0 heterocycles. The van der Waals surface area contributed by atoms with Crippen LogP contribution in [0.5, 0.6) is 5.75 Å². The van der Waals surface area contributed by atoms with Gasteiger partial charge in [-0.1, -0.05) is 0 Å². The average Bonchev–Trinajstić information content (AvgIpc) is 2.72. The summed E-state index contributed by atoms with van der Waals surface area (Å²) in [6, 6.07) is 11.1. The fraction of sp³-hybridized carbons (Fsp3) is 0.238. The standard InChI is InChI=1S/C21H20N2O7/c1-13(25)19(21(28)29)23-18(26)10-11-30-17-8-4-15(5-9-17)20(27)14-2-6-16(7-3-14)22-12-24/h2-9,13,19,25H,10-11H2,1H3,(H,23,26)(H,28,29). The van der Waals surface area contributed by atoms with Crippen LogP contribution in [0.25, 0.3) is 0 Å². The van der Waals surface area contributed by atoms with E-state index in [4.69, 9.17) is 9.84 Å². The number of carboxylic acids is 1. The number of aliphatic hydroxyl groups excluding tert-OH is 1. The Morgan fingerprint density at radius 2 is 1.63 bits per heavy atom. The molecule has 2 unspecified atom stereocenters. The highest BCUT2D eigenvalue weighted by molar-refractivity contribution is 6.09. The van der Waals surface area contributed by atoms with E-state index in [1.54, 1.807) is 36.4 Å². The van der Waals surface area contributed by atoms with Gasteiger partial charge in [0.2, 0.25) is 12.0 Å². The van der Waals surface area contributed by atoms with E-state index < -0.39 is 24.0 Å². The van der Waals surface area contributed by atoms with Gasteiger partial charge in [-0.3, -0.25) is 9.59 Å². The van der Waals surface area contributed by atoms with Gasteiger partial charge < -0.3 is 20.3 Å². The van der Waals surface area contributed by atoms with Gasteiger partial charge in [-0.2, -0.15) is 4.99 Å². The Hall–Kier alpha value is -3.81. The first-order valence-corrected chi connectivity index (χ1v) is 8.97. The quantitative estimate of drug-likeness (QED) is 0.306. The maximum atomic E-state index is 12.5. The van der Waals surface area contributed by atoms with E-state index in [0.717, 1.165) is 0 Å². The number of carboxylic acid groups (broad SMARTS) is 1. The van der Waals surface area contributed by atoms with Crippen LogP contribution in [0.1, 0.15) is 29.3 Å². The van der Waals surface area contributed by atoms with E-state index in [1.807, 2.05) is 0 Å².